The zero-order valence-corrected chi connectivity index (χ0v) is 22.4. The average molecular weight is 472 g/mol. The van der Waals surface area contributed by atoms with Crippen LogP contribution in [0, 0.1) is 19.8 Å². The average Bonchev–Trinajstić information content (AvgIpc) is 3.15. The molecule has 1 aromatic carbocycles. The van der Waals surface area contributed by atoms with Crippen molar-refractivity contribution in [3.8, 4) is 5.75 Å². The number of nitrogens with one attached hydrogen (secondary N) is 1. The van der Waals surface area contributed by atoms with Crippen LogP contribution in [0.15, 0.2) is 17.2 Å². The van der Waals surface area contributed by atoms with Crippen LogP contribution in [0.3, 0.4) is 0 Å². The number of likely N-dealkylation sites (tertiary alicyclic amines) is 1. The summed E-state index contributed by atoms with van der Waals surface area (Å²) in [7, 11) is 4.22. The van der Waals surface area contributed by atoms with Gasteiger partial charge in [-0.25, -0.2) is 0 Å². The van der Waals surface area contributed by atoms with Gasteiger partial charge in [0, 0.05) is 50.3 Å². The molecule has 0 bridgehead atoms. The first-order chi connectivity index (χ1) is 16.2. The molecule has 34 heavy (non-hydrogen) atoms. The monoisotopic (exact) mass is 471 g/mol. The SMILES string of the molecule is CCN1N=C(C)CC1C(=O)NCC1CN(C(C)c2ccc(OCCCCN(C)C)c(C)c2C)C1. The highest BCUT2D eigenvalue weighted by Crippen LogP contribution is 2.34. The molecule has 0 spiro atoms. The predicted octanol–water partition coefficient (Wildman–Crippen LogP) is 3.60. The Hall–Kier alpha value is -2.12. The van der Waals surface area contributed by atoms with E-state index in [9.17, 15) is 4.79 Å². The quantitative estimate of drug-likeness (QED) is 0.472. The summed E-state index contributed by atoms with van der Waals surface area (Å²) in [4.78, 5) is 17.4. The van der Waals surface area contributed by atoms with Crippen LogP contribution in [-0.4, -0.2) is 85.9 Å². The third kappa shape index (κ3) is 6.51. The van der Waals surface area contributed by atoms with Crippen molar-refractivity contribution in [3.63, 3.8) is 0 Å². The van der Waals surface area contributed by atoms with Gasteiger partial charge in [0.15, 0.2) is 0 Å². The lowest BCUT2D eigenvalue weighted by Crippen LogP contribution is -2.53. The second-order valence-electron chi connectivity index (χ2n) is 10.3. The molecule has 2 aliphatic heterocycles. The Balaban J connectivity index is 1.44. The van der Waals surface area contributed by atoms with Gasteiger partial charge >= 0.3 is 0 Å². The van der Waals surface area contributed by atoms with E-state index in [-0.39, 0.29) is 11.9 Å². The molecule has 2 aliphatic rings. The fourth-order valence-electron chi connectivity index (χ4n) is 4.99. The molecule has 7 heteroatoms. The maximum absolute atomic E-state index is 12.6. The standard InChI is InChI=1S/C27H45N5O2/c1-8-32-25(15-19(2)29-32)27(33)28-16-23-17-31(18-23)22(5)24-11-12-26(21(4)20(24)3)34-14-10-9-13-30(6)7/h11-12,22-23,25H,8-10,13-18H2,1-7H3,(H,28,33). The fraction of sp³-hybridized carbons (Fsp3) is 0.704. The first-order valence-corrected chi connectivity index (χ1v) is 12.9. The summed E-state index contributed by atoms with van der Waals surface area (Å²) in [5.74, 6) is 1.63. The van der Waals surface area contributed by atoms with Crippen molar-refractivity contribution in [1.29, 1.82) is 0 Å². The number of amides is 1. The zero-order chi connectivity index (χ0) is 24.8. The molecular formula is C27H45N5O2. The van der Waals surface area contributed by atoms with Gasteiger partial charge in [0.05, 0.1) is 6.61 Å². The number of carbonyl (C=O) groups is 1. The number of likely N-dealkylation sites (N-methyl/N-ethyl adjacent to an activating group) is 1. The van der Waals surface area contributed by atoms with Crippen LogP contribution in [-0.2, 0) is 4.79 Å². The normalized spacial score (nSPS) is 19.8. The molecule has 0 radical (unpaired) electrons. The number of rotatable bonds is 12. The molecule has 1 saturated heterocycles. The fourth-order valence-corrected chi connectivity index (χ4v) is 4.99. The van der Waals surface area contributed by atoms with Crippen molar-refractivity contribution in [1.82, 2.24) is 20.1 Å². The summed E-state index contributed by atoms with van der Waals surface area (Å²) in [5, 5.41) is 9.54. The van der Waals surface area contributed by atoms with Crippen LogP contribution in [0.2, 0.25) is 0 Å². The molecule has 7 nitrogen and oxygen atoms in total. The highest BCUT2D eigenvalue weighted by atomic mass is 16.5. The minimum atomic E-state index is -0.139. The molecule has 1 N–H and O–H groups in total. The molecule has 3 rings (SSSR count). The van der Waals surface area contributed by atoms with Crippen LogP contribution >= 0.6 is 0 Å². The summed E-state index contributed by atoms with van der Waals surface area (Å²) in [5.41, 5.74) is 4.98. The second kappa shape index (κ2) is 12.0. The van der Waals surface area contributed by atoms with Crippen molar-refractivity contribution in [2.24, 2.45) is 11.0 Å². The van der Waals surface area contributed by atoms with E-state index in [0.717, 1.165) is 70.1 Å². The summed E-state index contributed by atoms with van der Waals surface area (Å²) in [6.07, 6.45) is 2.97. The largest absolute Gasteiger partial charge is 0.493 e. The zero-order valence-electron chi connectivity index (χ0n) is 22.4. The van der Waals surface area contributed by atoms with E-state index in [1.54, 1.807) is 0 Å². The molecule has 0 saturated carbocycles. The van der Waals surface area contributed by atoms with Gasteiger partial charge in [0.2, 0.25) is 5.91 Å². The molecule has 2 heterocycles. The molecule has 1 aromatic rings. The minimum absolute atomic E-state index is 0.109. The topological polar surface area (TPSA) is 60.4 Å². The van der Waals surface area contributed by atoms with E-state index in [4.69, 9.17) is 4.74 Å². The molecule has 1 fully saturated rings. The Bertz CT molecular complexity index is 863. The number of unbranched alkanes of at least 4 members (excludes halogenated alkanes) is 1. The van der Waals surface area contributed by atoms with Gasteiger partial charge in [-0.3, -0.25) is 14.7 Å². The Morgan fingerprint density at radius 1 is 1.21 bits per heavy atom. The van der Waals surface area contributed by atoms with E-state index in [0.29, 0.717) is 12.0 Å². The maximum atomic E-state index is 12.6. The van der Waals surface area contributed by atoms with E-state index >= 15 is 0 Å². The number of carbonyl (C=O) groups excluding carboxylic acids is 1. The maximum Gasteiger partial charge on any atom is 0.244 e. The highest BCUT2D eigenvalue weighted by molar-refractivity contribution is 5.92. The summed E-state index contributed by atoms with van der Waals surface area (Å²) >= 11 is 0. The van der Waals surface area contributed by atoms with Crippen LogP contribution < -0.4 is 10.1 Å². The second-order valence-corrected chi connectivity index (χ2v) is 10.3. The van der Waals surface area contributed by atoms with Crippen molar-refractivity contribution in [2.75, 3.05) is 53.4 Å². The number of hydrogen-bond donors (Lipinski definition) is 1. The van der Waals surface area contributed by atoms with Crippen LogP contribution in [0.25, 0.3) is 0 Å². The third-order valence-corrected chi connectivity index (χ3v) is 7.36. The lowest BCUT2D eigenvalue weighted by molar-refractivity contribution is -0.126. The van der Waals surface area contributed by atoms with Gasteiger partial charge in [0.1, 0.15) is 11.8 Å². The van der Waals surface area contributed by atoms with Gasteiger partial charge in [0.25, 0.3) is 0 Å². The van der Waals surface area contributed by atoms with E-state index in [1.807, 2.05) is 18.9 Å². The van der Waals surface area contributed by atoms with Gasteiger partial charge in [-0.05, 0) is 90.9 Å². The molecular weight excluding hydrogens is 426 g/mol. The lowest BCUT2D eigenvalue weighted by Gasteiger charge is -2.44. The number of nitrogens with zero attached hydrogens (tertiary/aromatic N) is 4. The number of ether oxygens (including phenoxy) is 1. The Kier molecular flexibility index (Phi) is 9.37. The predicted molar refractivity (Wildman–Crippen MR) is 140 cm³/mol. The van der Waals surface area contributed by atoms with Crippen LogP contribution in [0.5, 0.6) is 5.75 Å². The molecule has 2 unspecified atom stereocenters. The van der Waals surface area contributed by atoms with Crippen molar-refractivity contribution in [2.45, 2.75) is 66.0 Å². The van der Waals surface area contributed by atoms with Crippen LogP contribution in [0.1, 0.15) is 62.8 Å². The Labute approximate surface area is 206 Å². The van der Waals surface area contributed by atoms with E-state index < -0.39 is 0 Å². The van der Waals surface area contributed by atoms with Crippen molar-refractivity contribution in [3.05, 3.63) is 28.8 Å². The summed E-state index contributed by atoms with van der Waals surface area (Å²) in [6.45, 7) is 16.1. The molecule has 1 amide bonds. The Morgan fingerprint density at radius 3 is 2.62 bits per heavy atom. The van der Waals surface area contributed by atoms with Crippen molar-refractivity contribution >= 4 is 11.6 Å². The van der Waals surface area contributed by atoms with Gasteiger partial charge in [-0.15, -0.1) is 0 Å². The first-order valence-electron chi connectivity index (χ1n) is 12.9. The summed E-state index contributed by atoms with van der Waals surface area (Å²) in [6, 6.07) is 4.60. The van der Waals surface area contributed by atoms with Crippen molar-refractivity contribution < 1.29 is 9.53 Å². The Morgan fingerprint density at radius 2 is 1.94 bits per heavy atom. The van der Waals surface area contributed by atoms with Gasteiger partial charge < -0.3 is 15.0 Å². The smallest absolute Gasteiger partial charge is 0.244 e. The highest BCUT2D eigenvalue weighted by Gasteiger charge is 2.34. The van der Waals surface area contributed by atoms with Gasteiger partial charge in [-0.2, -0.15) is 5.10 Å². The minimum Gasteiger partial charge on any atom is -0.493 e. The number of hydrogen-bond acceptors (Lipinski definition) is 6. The number of hydrazone groups is 1. The lowest BCUT2D eigenvalue weighted by atomic mass is 9.91. The number of benzene rings is 1. The molecule has 2 atom stereocenters. The molecule has 0 aliphatic carbocycles. The molecule has 190 valence electrons. The van der Waals surface area contributed by atoms with Gasteiger partial charge in [-0.1, -0.05) is 6.07 Å². The van der Waals surface area contributed by atoms with E-state index in [2.05, 4.69) is 67.2 Å². The van der Waals surface area contributed by atoms with E-state index in [1.165, 1.54) is 16.7 Å². The molecule has 0 aromatic heterocycles. The summed E-state index contributed by atoms with van der Waals surface area (Å²) < 4.78 is 6.09. The van der Waals surface area contributed by atoms with Crippen LogP contribution in [0.4, 0.5) is 0 Å². The first kappa shape index (κ1) is 26.5. The third-order valence-electron chi connectivity index (χ3n) is 7.36.